The highest BCUT2D eigenvalue weighted by molar-refractivity contribution is 7.93. The second-order valence-corrected chi connectivity index (χ2v) is 14.1. The third-order valence-electron chi connectivity index (χ3n) is 7.15. The van der Waals surface area contributed by atoms with Crippen LogP contribution < -0.4 is 10.5 Å². The minimum atomic E-state index is -4.42. The van der Waals surface area contributed by atoms with Crippen LogP contribution in [0, 0.1) is 17.6 Å². The summed E-state index contributed by atoms with van der Waals surface area (Å²) in [6.07, 6.45) is -1.47. The summed E-state index contributed by atoms with van der Waals surface area (Å²) in [7, 11) is -8.41. The highest BCUT2D eigenvalue weighted by Crippen LogP contribution is 2.56. The Balaban J connectivity index is 1.84. The Kier molecular flexibility index (Phi) is 7.59. The molecule has 0 aromatic heterocycles. The molecule has 1 fully saturated rings. The van der Waals surface area contributed by atoms with Crippen LogP contribution in [0.3, 0.4) is 0 Å². The molecule has 2 aliphatic rings. The van der Waals surface area contributed by atoms with E-state index in [-0.39, 0.29) is 42.4 Å². The molecule has 0 radical (unpaired) electrons. The summed E-state index contributed by atoms with van der Waals surface area (Å²) in [6.45, 7) is 0.978. The minimum absolute atomic E-state index is 0.0253. The molecule has 0 aliphatic carbocycles. The van der Waals surface area contributed by atoms with Gasteiger partial charge in [-0.1, -0.05) is 18.5 Å². The molecule has 2 aromatic rings. The van der Waals surface area contributed by atoms with E-state index in [1.807, 2.05) is 0 Å². The fraction of sp³-hybridized carbons (Fsp3) is 0.458. The predicted octanol–water partition coefficient (Wildman–Crippen LogP) is 3.15. The molecule has 1 unspecified atom stereocenters. The van der Waals surface area contributed by atoms with Crippen LogP contribution in [-0.2, 0) is 34.0 Å². The van der Waals surface area contributed by atoms with Gasteiger partial charge < -0.3 is 15.2 Å². The molecular weight excluding hydrogens is 552 g/mol. The Labute approximate surface area is 218 Å². The van der Waals surface area contributed by atoms with Gasteiger partial charge >= 0.3 is 0 Å². The van der Waals surface area contributed by atoms with Gasteiger partial charge in [-0.05, 0) is 55.7 Å². The number of primary amides is 1. The van der Waals surface area contributed by atoms with Gasteiger partial charge in [-0.2, -0.15) is 0 Å². The lowest BCUT2D eigenvalue weighted by Crippen LogP contribution is -2.58. The molecule has 0 saturated carbocycles. The average molecular weight is 578 g/mol. The smallest absolute Gasteiger partial charge is 0.235 e. The summed E-state index contributed by atoms with van der Waals surface area (Å²) >= 11 is 5.94. The first kappa shape index (κ1) is 27.7. The molecule has 0 spiro atoms. The van der Waals surface area contributed by atoms with Crippen molar-refractivity contribution < 1.29 is 39.9 Å². The Morgan fingerprint density at radius 2 is 1.78 bits per heavy atom. The van der Waals surface area contributed by atoms with Crippen molar-refractivity contribution in [2.45, 2.75) is 47.2 Å². The first-order valence-electron chi connectivity index (χ1n) is 11.6. The second kappa shape index (κ2) is 10.1. The van der Waals surface area contributed by atoms with E-state index in [2.05, 4.69) is 0 Å². The zero-order valence-electron chi connectivity index (χ0n) is 19.8. The number of halogens is 3. The van der Waals surface area contributed by atoms with Gasteiger partial charge in [-0.3, -0.25) is 4.79 Å². The number of rotatable bonds is 8. The first-order valence-corrected chi connectivity index (χ1v) is 15.2. The molecular formula is C24H26ClF2NO7S2. The zero-order chi connectivity index (χ0) is 27.2. The van der Waals surface area contributed by atoms with Gasteiger partial charge in [0.1, 0.15) is 15.8 Å². The highest BCUT2D eigenvalue weighted by Gasteiger charge is 2.61. The zero-order valence-corrected chi connectivity index (χ0v) is 22.2. The molecule has 13 heteroatoms. The van der Waals surface area contributed by atoms with Crippen molar-refractivity contribution in [2.75, 3.05) is 19.0 Å². The van der Waals surface area contributed by atoms with Crippen molar-refractivity contribution in [1.29, 1.82) is 0 Å². The lowest BCUT2D eigenvalue weighted by Gasteiger charge is -2.50. The molecule has 0 bridgehead atoms. The Morgan fingerprint density at radius 1 is 1.14 bits per heavy atom. The number of fused-ring (bicyclic) bond motifs is 3. The van der Waals surface area contributed by atoms with Crippen molar-refractivity contribution in [1.82, 2.24) is 0 Å². The molecule has 1 saturated heterocycles. The number of amides is 1. The predicted molar refractivity (Wildman–Crippen MR) is 132 cm³/mol. The van der Waals surface area contributed by atoms with E-state index < -0.39 is 76.3 Å². The van der Waals surface area contributed by atoms with Crippen molar-refractivity contribution in [3.63, 3.8) is 0 Å². The summed E-state index contributed by atoms with van der Waals surface area (Å²) < 4.78 is 93.6. The van der Waals surface area contributed by atoms with Crippen LogP contribution in [0.4, 0.5) is 8.78 Å². The number of carbonyl (C=O) groups excluding carboxylic acids is 1. The number of nitrogens with two attached hydrogens (primary N) is 1. The molecule has 2 aliphatic heterocycles. The number of ether oxygens (including phenoxy) is 2. The fourth-order valence-electron chi connectivity index (χ4n) is 5.39. The summed E-state index contributed by atoms with van der Waals surface area (Å²) in [6, 6.07) is 7.01. The fourth-order valence-corrected chi connectivity index (χ4v) is 9.57. The normalized spacial score (nSPS) is 24.4. The van der Waals surface area contributed by atoms with Gasteiger partial charge in [0.05, 0.1) is 28.9 Å². The maximum absolute atomic E-state index is 15.4. The molecule has 2 N–H and O–H groups in total. The Morgan fingerprint density at radius 3 is 2.41 bits per heavy atom. The van der Waals surface area contributed by atoms with Gasteiger partial charge in [0, 0.05) is 17.5 Å². The number of carbonyl (C=O) groups is 1. The Bertz CT molecular complexity index is 1420. The minimum Gasteiger partial charge on any atom is -0.490 e. The van der Waals surface area contributed by atoms with Crippen LogP contribution in [0.25, 0.3) is 0 Å². The SMILES string of the molecule is CCC(C(N)=O)S(=O)(=O)CC[C@@H]1OCC[C@@]2(S(=O)(=O)c3ccc(Cl)cc3)c3c(F)ccc(F)c3OC[C@@H]12. The maximum atomic E-state index is 15.4. The van der Waals surface area contributed by atoms with Crippen molar-refractivity contribution in [2.24, 2.45) is 11.7 Å². The van der Waals surface area contributed by atoms with Crippen LogP contribution >= 0.6 is 11.6 Å². The van der Waals surface area contributed by atoms with Gasteiger partial charge in [0.25, 0.3) is 0 Å². The van der Waals surface area contributed by atoms with Crippen molar-refractivity contribution in [3.8, 4) is 5.75 Å². The lowest BCUT2D eigenvalue weighted by molar-refractivity contribution is -0.117. The number of benzene rings is 2. The topological polar surface area (TPSA) is 130 Å². The quantitative estimate of drug-likeness (QED) is 0.510. The summed E-state index contributed by atoms with van der Waals surface area (Å²) in [5.74, 6) is -4.98. The van der Waals surface area contributed by atoms with E-state index in [0.29, 0.717) is 0 Å². The van der Waals surface area contributed by atoms with E-state index in [0.717, 1.165) is 12.1 Å². The van der Waals surface area contributed by atoms with E-state index in [1.54, 1.807) is 0 Å². The van der Waals surface area contributed by atoms with Gasteiger partial charge in [-0.15, -0.1) is 0 Å². The van der Waals surface area contributed by atoms with Gasteiger partial charge in [0.15, 0.2) is 31.2 Å². The van der Waals surface area contributed by atoms with E-state index in [9.17, 15) is 26.0 Å². The molecule has 202 valence electrons. The molecule has 37 heavy (non-hydrogen) atoms. The highest BCUT2D eigenvalue weighted by atomic mass is 35.5. The number of sulfone groups is 2. The van der Waals surface area contributed by atoms with E-state index in [1.165, 1.54) is 31.2 Å². The van der Waals surface area contributed by atoms with E-state index in [4.69, 9.17) is 26.8 Å². The van der Waals surface area contributed by atoms with Gasteiger partial charge in [0.2, 0.25) is 5.91 Å². The first-order chi connectivity index (χ1) is 17.4. The third kappa shape index (κ3) is 4.62. The third-order valence-corrected chi connectivity index (χ3v) is 12.2. The van der Waals surface area contributed by atoms with Crippen LogP contribution in [-0.4, -0.2) is 53.1 Å². The van der Waals surface area contributed by atoms with Crippen LogP contribution in [0.15, 0.2) is 41.3 Å². The monoisotopic (exact) mass is 577 g/mol. The van der Waals surface area contributed by atoms with Crippen LogP contribution in [0.1, 0.15) is 31.7 Å². The summed E-state index contributed by atoms with van der Waals surface area (Å²) in [4.78, 5) is 11.5. The number of hydrogen-bond donors (Lipinski definition) is 1. The van der Waals surface area contributed by atoms with Crippen molar-refractivity contribution in [3.05, 3.63) is 58.6 Å². The molecule has 2 aromatic carbocycles. The number of hydrogen-bond acceptors (Lipinski definition) is 7. The molecule has 1 amide bonds. The van der Waals surface area contributed by atoms with Gasteiger partial charge in [-0.25, -0.2) is 25.6 Å². The largest absolute Gasteiger partial charge is 0.490 e. The summed E-state index contributed by atoms with van der Waals surface area (Å²) in [5.41, 5.74) is 4.80. The van der Waals surface area contributed by atoms with Crippen molar-refractivity contribution >= 4 is 37.2 Å². The van der Waals surface area contributed by atoms with E-state index >= 15 is 4.39 Å². The second-order valence-electron chi connectivity index (χ2n) is 9.11. The molecule has 4 rings (SSSR count). The molecule has 4 atom stereocenters. The molecule has 8 nitrogen and oxygen atoms in total. The lowest BCUT2D eigenvalue weighted by atomic mass is 9.75. The van der Waals surface area contributed by atoms with Crippen LogP contribution in [0.5, 0.6) is 5.75 Å². The van der Waals surface area contributed by atoms with Crippen LogP contribution in [0.2, 0.25) is 5.02 Å². The average Bonchev–Trinajstić information content (AvgIpc) is 2.84. The maximum Gasteiger partial charge on any atom is 0.235 e. The molecule has 2 heterocycles. The standard InChI is InChI=1S/C24H26ClF2NO7S2/c1-2-20(23(28)29)36(30,31)12-9-19-16-13-35-22-18(27)8-7-17(26)21(22)24(16,10-11-34-19)37(32,33)15-5-3-14(25)4-6-15/h3-8,16,19-20H,2,9-13H2,1H3,(H2,28,29)/t16-,19-,20?,24-/m0/s1. The Hall–Kier alpha value is -2.28. The summed E-state index contributed by atoms with van der Waals surface area (Å²) in [5, 5.41) is -1.12.